The van der Waals surface area contributed by atoms with Crippen LogP contribution in [-0.4, -0.2) is 76.2 Å². The molecule has 0 atom stereocenters. The summed E-state index contributed by atoms with van der Waals surface area (Å²) in [5.41, 5.74) is -0.241. The normalized spacial score (nSPS) is 14.7. The van der Waals surface area contributed by atoms with Gasteiger partial charge in [0.2, 0.25) is 5.95 Å². The van der Waals surface area contributed by atoms with E-state index in [1.807, 2.05) is 0 Å². The summed E-state index contributed by atoms with van der Waals surface area (Å²) in [6.07, 6.45) is -8.25. The zero-order chi connectivity index (χ0) is 28.9. The number of nitrogens with one attached hydrogen (secondary N) is 1. The number of nitrogens with zero attached hydrogens (tertiary/aromatic N) is 5. The lowest BCUT2D eigenvalue weighted by Crippen LogP contribution is -2.48. The molecule has 1 aliphatic rings. The van der Waals surface area contributed by atoms with Crippen molar-refractivity contribution in [2.45, 2.75) is 25.7 Å². The molecule has 0 bridgehead atoms. The van der Waals surface area contributed by atoms with Crippen molar-refractivity contribution in [2.24, 2.45) is 0 Å². The number of hydrogen-bond acceptors (Lipinski definition) is 7. The van der Waals surface area contributed by atoms with Crippen LogP contribution in [0.2, 0.25) is 0 Å². The molecule has 1 N–H and O–H groups in total. The SMILES string of the molecule is CCCN1CCN(C(=O)c2ccc(-c3nc(Nc4cccc(C(F)(F)F)c4)nc(OCC(F)(F)F)n3)cc2)CC1. The number of carbonyl (C=O) groups excluding carboxylic acids is 1. The summed E-state index contributed by atoms with van der Waals surface area (Å²) in [6, 6.07) is 9.63. The Kier molecular flexibility index (Phi) is 8.76. The van der Waals surface area contributed by atoms with Gasteiger partial charge in [0, 0.05) is 43.0 Å². The van der Waals surface area contributed by atoms with Crippen LogP contribution in [0.15, 0.2) is 48.5 Å². The van der Waals surface area contributed by atoms with Crippen molar-refractivity contribution >= 4 is 17.5 Å². The number of aromatic nitrogens is 3. The Labute approximate surface area is 226 Å². The lowest BCUT2D eigenvalue weighted by atomic mass is 10.1. The van der Waals surface area contributed by atoms with Crippen molar-refractivity contribution in [3.63, 3.8) is 0 Å². The van der Waals surface area contributed by atoms with E-state index in [0.717, 1.165) is 44.3 Å². The number of anilines is 2. The van der Waals surface area contributed by atoms with Gasteiger partial charge in [-0.3, -0.25) is 9.69 Å². The van der Waals surface area contributed by atoms with E-state index in [-0.39, 0.29) is 23.4 Å². The maximum absolute atomic E-state index is 13.1. The van der Waals surface area contributed by atoms with Gasteiger partial charge in [-0.2, -0.15) is 41.3 Å². The molecule has 1 aromatic heterocycles. The van der Waals surface area contributed by atoms with Crippen LogP contribution in [0.25, 0.3) is 11.4 Å². The fourth-order valence-electron chi connectivity index (χ4n) is 4.09. The number of hydrogen-bond donors (Lipinski definition) is 1. The van der Waals surface area contributed by atoms with Gasteiger partial charge < -0.3 is 15.0 Å². The van der Waals surface area contributed by atoms with Crippen LogP contribution in [0.1, 0.15) is 29.3 Å². The third-order valence-electron chi connectivity index (χ3n) is 6.02. The predicted molar refractivity (Wildman–Crippen MR) is 134 cm³/mol. The van der Waals surface area contributed by atoms with Gasteiger partial charge in [0.05, 0.1) is 5.56 Å². The molecule has 214 valence electrons. The number of ether oxygens (including phenoxy) is 1. The van der Waals surface area contributed by atoms with Crippen molar-refractivity contribution in [3.05, 3.63) is 59.7 Å². The van der Waals surface area contributed by atoms with Crippen molar-refractivity contribution < 1.29 is 35.9 Å². The summed E-state index contributed by atoms with van der Waals surface area (Å²) in [5, 5.41) is 2.56. The smallest absolute Gasteiger partial charge is 0.422 e. The van der Waals surface area contributed by atoms with E-state index in [1.165, 1.54) is 18.2 Å². The molecule has 1 fully saturated rings. The molecule has 1 amide bonds. The molecule has 2 aromatic carbocycles. The summed E-state index contributed by atoms with van der Waals surface area (Å²) in [6.45, 7) is 4.15. The van der Waals surface area contributed by atoms with Crippen LogP contribution in [0.3, 0.4) is 0 Å². The summed E-state index contributed by atoms with van der Waals surface area (Å²) < 4.78 is 82.2. The maximum atomic E-state index is 13.1. The van der Waals surface area contributed by atoms with Crippen molar-refractivity contribution in [1.82, 2.24) is 24.8 Å². The van der Waals surface area contributed by atoms with Crippen LogP contribution in [0.4, 0.5) is 38.0 Å². The Hall–Kier alpha value is -3.94. The first kappa shape index (κ1) is 29.1. The first-order valence-electron chi connectivity index (χ1n) is 12.4. The van der Waals surface area contributed by atoms with Gasteiger partial charge in [0.25, 0.3) is 5.91 Å². The quantitative estimate of drug-likeness (QED) is 0.364. The zero-order valence-electron chi connectivity index (χ0n) is 21.4. The molecule has 4 rings (SSSR count). The lowest BCUT2D eigenvalue weighted by Gasteiger charge is -2.34. The Balaban J connectivity index is 1.56. The molecule has 1 saturated heterocycles. The van der Waals surface area contributed by atoms with E-state index in [0.29, 0.717) is 24.2 Å². The van der Waals surface area contributed by atoms with Crippen molar-refractivity contribution in [3.8, 4) is 17.4 Å². The number of carbonyl (C=O) groups is 1. The number of piperazine rings is 1. The maximum Gasteiger partial charge on any atom is 0.422 e. The van der Waals surface area contributed by atoms with Crippen LogP contribution in [0, 0.1) is 0 Å². The highest BCUT2D eigenvalue weighted by atomic mass is 19.4. The fourth-order valence-corrected chi connectivity index (χ4v) is 4.09. The van der Waals surface area contributed by atoms with Crippen LogP contribution in [-0.2, 0) is 6.18 Å². The minimum Gasteiger partial charge on any atom is -0.454 e. The zero-order valence-corrected chi connectivity index (χ0v) is 21.4. The second-order valence-corrected chi connectivity index (χ2v) is 9.08. The molecular formula is C26H26F6N6O2. The van der Waals surface area contributed by atoms with Gasteiger partial charge in [-0.1, -0.05) is 25.1 Å². The average molecular weight is 569 g/mol. The fraction of sp³-hybridized carbons (Fsp3) is 0.385. The highest BCUT2D eigenvalue weighted by Crippen LogP contribution is 2.31. The van der Waals surface area contributed by atoms with Gasteiger partial charge in [0.1, 0.15) is 0 Å². The van der Waals surface area contributed by atoms with Gasteiger partial charge >= 0.3 is 18.4 Å². The molecule has 0 aliphatic carbocycles. The van der Waals surface area contributed by atoms with E-state index < -0.39 is 30.5 Å². The van der Waals surface area contributed by atoms with E-state index in [9.17, 15) is 31.1 Å². The number of benzene rings is 2. The minimum atomic E-state index is -4.68. The summed E-state index contributed by atoms with van der Waals surface area (Å²) in [5.74, 6) is -0.583. The highest BCUT2D eigenvalue weighted by molar-refractivity contribution is 5.94. The third-order valence-corrected chi connectivity index (χ3v) is 6.02. The van der Waals surface area contributed by atoms with Gasteiger partial charge in [0.15, 0.2) is 12.4 Å². The monoisotopic (exact) mass is 568 g/mol. The number of halogens is 6. The third kappa shape index (κ3) is 7.81. The Morgan fingerprint density at radius 3 is 2.27 bits per heavy atom. The van der Waals surface area contributed by atoms with Crippen molar-refractivity contribution in [1.29, 1.82) is 0 Å². The molecule has 0 saturated carbocycles. The standard InChI is InChI=1S/C26H26F6N6O2/c1-2-10-37-11-13-38(14-12-37)22(39)18-8-6-17(7-9-18)21-34-23(36-24(35-21)40-16-25(27,28)29)33-20-5-3-4-19(15-20)26(30,31)32/h3-9,15H,2,10-14,16H2,1H3,(H,33,34,35,36). The summed E-state index contributed by atoms with van der Waals surface area (Å²) in [7, 11) is 0. The number of amides is 1. The second-order valence-electron chi connectivity index (χ2n) is 9.08. The molecule has 8 nitrogen and oxygen atoms in total. The van der Waals surface area contributed by atoms with Gasteiger partial charge in [-0.15, -0.1) is 0 Å². The first-order valence-corrected chi connectivity index (χ1v) is 12.4. The number of rotatable bonds is 8. The van der Waals surface area contributed by atoms with E-state index in [1.54, 1.807) is 17.0 Å². The van der Waals surface area contributed by atoms with Crippen LogP contribution in [0.5, 0.6) is 6.01 Å². The molecule has 0 radical (unpaired) electrons. The Morgan fingerprint density at radius 2 is 1.65 bits per heavy atom. The first-order chi connectivity index (χ1) is 18.9. The molecule has 0 spiro atoms. The molecular weight excluding hydrogens is 542 g/mol. The number of alkyl halides is 6. The largest absolute Gasteiger partial charge is 0.454 e. The molecule has 2 heterocycles. The Bertz CT molecular complexity index is 1310. The van der Waals surface area contributed by atoms with Gasteiger partial charge in [-0.05, 0) is 43.3 Å². The van der Waals surface area contributed by atoms with Gasteiger partial charge in [-0.25, -0.2) is 0 Å². The minimum absolute atomic E-state index is 0.0475. The average Bonchev–Trinajstić information content (AvgIpc) is 2.91. The van der Waals surface area contributed by atoms with Crippen molar-refractivity contribution in [2.75, 3.05) is 44.6 Å². The van der Waals surface area contributed by atoms with E-state index in [4.69, 9.17) is 0 Å². The topological polar surface area (TPSA) is 83.5 Å². The molecule has 0 unspecified atom stereocenters. The second kappa shape index (κ2) is 12.1. The molecule has 14 heteroatoms. The highest BCUT2D eigenvalue weighted by Gasteiger charge is 2.31. The molecule has 3 aromatic rings. The van der Waals surface area contributed by atoms with Crippen LogP contribution < -0.4 is 10.1 Å². The van der Waals surface area contributed by atoms with E-state index >= 15 is 0 Å². The van der Waals surface area contributed by atoms with Crippen LogP contribution >= 0.6 is 0 Å². The summed E-state index contributed by atoms with van der Waals surface area (Å²) >= 11 is 0. The van der Waals surface area contributed by atoms with E-state index in [2.05, 4.69) is 36.8 Å². The summed E-state index contributed by atoms with van der Waals surface area (Å²) in [4.78, 5) is 28.8. The Morgan fingerprint density at radius 1 is 0.950 bits per heavy atom. The predicted octanol–water partition coefficient (Wildman–Crippen LogP) is 5.41. The molecule has 40 heavy (non-hydrogen) atoms. The lowest BCUT2D eigenvalue weighted by molar-refractivity contribution is -0.154. The molecule has 1 aliphatic heterocycles.